The fourth-order valence-corrected chi connectivity index (χ4v) is 2.33. The Balaban J connectivity index is 0.00000242. The number of aromatic nitrogens is 1. The largest absolute Gasteiger partial charge is 0.370 e. The number of ether oxygens (including phenoxy) is 1. The lowest BCUT2D eigenvalue weighted by atomic mass is 10.2. The van der Waals surface area contributed by atoms with E-state index in [9.17, 15) is 4.79 Å². The molecule has 1 fully saturated rings. The molecule has 8 heteroatoms. The van der Waals surface area contributed by atoms with Crippen molar-refractivity contribution in [2.24, 2.45) is 5.73 Å². The summed E-state index contributed by atoms with van der Waals surface area (Å²) < 4.78 is 5.55. The van der Waals surface area contributed by atoms with Gasteiger partial charge in [-0.1, -0.05) is 6.07 Å². The van der Waals surface area contributed by atoms with Gasteiger partial charge in [0.1, 0.15) is 11.9 Å². The van der Waals surface area contributed by atoms with E-state index in [2.05, 4.69) is 15.6 Å². The lowest BCUT2D eigenvalue weighted by Gasteiger charge is -2.12. The van der Waals surface area contributed by atoms with Gasteiger partial charge in [0.25, 0.3) is 0 Å². The fraction of sp³-hybridized carbons (Fsp3) is 0.600. The second kappa shape index (κ2) is 12.4. The molecule has 1 saturated heterocycles. The van der Waals surface area contributed by atoms with Gasteiger partial charge < -0.3 is 21.1 Å². The van der Waals surface area contributed by atoms with Crippen LogP contribution in [0.3, 0.4) is 0 Å². The zero-order valence-electron chi connectivity index (χ0n) is 13.1. The average molecular weight is 365 g/mol. The molecule has 0 aromatic carbocycles. The van der Waals surface area contributed by atoms with E-state index in [4.69, 9.17) is 10.5 Å². The zero-order valence-corrected chi connectivity index (χ0v) is 14.7. The highest BCUT2D eigenvalue weighted by Crippen LogP contribution is 2.18. The van der Waals surface area contributed by atoms with Crippen molar-refractivity contribution in [3.05, 3.63) is 24.4 Å². The molecule has 0 spiro atoms. The van der Waals surface area contributed by atoms with E-state index in [1.165, 1.54) is 0 Å². The molecular weight excluding hydrogens is 339 g/mol. The Hall–Kier alpha value is -1.08. The molecule has 2 atom stereocenters. The number of nitrogens with one attached hydrogen (secondary N) is 2. The zero-order chi connectivity index (χ0) is 14.9. The standard InChI is InChI=1S/C15H24N4O2.2ClH/c16-11-12-6-7-13(21-12)15(20)19-10-4-3-9-18-14-5-1-2-8-17-14;;/h1-2,5,8,12-13H,3-4,6-7,9-11,16H2,(H,17,18)(H,19,20);2*1H/t12-,13+;;/m1../s1. The minimum Gasteiger partial charge on any atom is -0.370 e. The van der Waals surface area contributed by atoms with Crippen molar-refractivity contribution in [1.82, 2.24) is 10.3 Å². The molecule has 132 valence electrons. The van der Waals surface area contributed by atoms with Crippen LogP contribution >= 0.6 is 24.8 Å². The van der Waals surface area contributed by atoms with Crippen molar-refractivity contribution in [1.29, 1.82) is 0 Å². The fourth-order valence-electron chi connectivity index (χ4n) is 2.33. The molecule has 1 aromatic rings. The maximum atomic E-state index is 11.9. The van der Waals surface area contributed by atoms with Crippen LogP contribution in [0.5, 0.6) is 0 Å². The summed E-state index contributed by atoms with van der Waals surface area (Å²) in [6, 6.07) is 5.78. The molecule has 0 bridgehead atoms. The van der Waals surface area contributed by atoms with Gasteiger partial charge in [-0.2, -0.15) is 0 Å². The van der Waals surface area contributed by atoms with Gasteiger partial charge >= 0.3 is 0 Å². The number of unbranched alkanes of at least 4 members (excludes halogenated alkanes) is 1. The summed E-state index contributed by atoms with van der Waals surface area (Å²) in [5.41, 5.74) is 5.53. The lowest BCUT2D eigenvalue weighted by Crippen LogP contribution is -2.36. The van der Waals surface area contributed by atoms with Crippen LogP contribution < -0.4 is 16.4 Å². The van der Waals surface area contributed by atoms with Crippen LogP contribution in [0.2, 0.25) is 0 Å². The Morgan fingerprint density at radius 1 is 1.26 bits per heavy atom. The van der Waals surface area contributed by atoms with E-state index >= 15 is 0 Å². The van der Waals surface area contributed by atoms with Crippen molar-refractivity contribution in [2.45, 2.75) is 37.9 Å². The minimum atomic E-state index is -0.315. The summed E-state index contributed by atoms with van der Waals surface area (Å²) in [6.45, 7) is 2.01. The second-order valence-corrected chi connectivity index (χ2v) is 5.20. The first-order valence-corrected chi connectivity index (χ1v) is 7.57. The molecule has 4 N–H and O–H groups in total. The van der Waals surface area contributed by atoms with Crippen LogP contribution in [0.15, 0.2) is 24.4 Å². The normalized spacial score (nSPS) is 19.3. The molecule has 1 aromatic heterocycles. The number of carbonyl (C=O) groups is 1. The number of anilines is 1. The summed E-state index contributed by atoms with van der Waals surface area (Å²) in [6.07, 6.45) is 5.05. The number of pyridine rings is 1. The molecule has 2 heterocycles. The Morgan fingerprint density at radius 2 is 2.04 bits per heavy atom. The van der Waals surface area contributed by atoms with Crippen molar-refractivity contribution in [3.63, 3.8) is 0 Å². The van der Waals surface area contributed by atoms with Crippen molar-refractivity contribution in [2.75, 3.05) is 25.0 Å². The van der Waals surface area contributed by atoms with Crippen LogP contribution in [-0.4, -0.2) is 42.7 Å². The summed E-state index contributed by atoms with van der Waals surface area (Å²) in [4.78, 5) is 16.0. The Labute approximate surface area is 149 Å². The molecule has 1 aliphatic heterocycles. The number of carbonyl (C=O) groups excluding carboxylic acids is 1. The predicted octanol–water partition coefficient (Wildman–Crippen LogP) is 1.74. The number of hydrogen-bond donors (Lipinski definition) is 3. The van der Waals surface area contributed by atoms with Gasteiger partial charge in [0.2, 0.25) is 5.91 Å². The molecule has 0 saturated carbocycles. The summed E-state index contributed by atoms with van der Waals surface area (Å²) in [7, 11) is 0. The van der Waals surface area contributed by atoms with Gasteiger partial charge in [-0.25, -0.2) is 4.98 Å². The number of hydrogen-bond acceptors (Lipinski definition) is 5. The molecule has 0 radical (unpaired) electrons. The van der Waals surface area contributed by atoms with Gasteiger partial charge in [0, 0.05) is 25.8 Å². The number of rotatable bonds is 8. The first kappa shape index (κ1) is 21.9. The molecule has 0 aliphatic carbocycles. The van der Waals surface area contributed by atoms with Gasteiger partial charge in [-0.3, -0.25) is 4.79 Å². The number of nitrogens with zero attached hydrogens (tertiary/aromatic N) is 1. The number of amides is 1. The smallest absolute Gasteiger partial charge is 0.249 e. The van der Waals surface area contributed by atoms with Crippen LogP contribution in [0, 0.1) is 0 Å². The Morgan fingerprint density at radius 3 is 2.70 bits per heavy atom. The molecule has 1 amide bonds. The van der Waals surface area contributed by atoms with Gasteiger partial charge in [0.15, 0.2) is 0 Å². The monoisotopic (exact) mass is 364 g/mol. The summed E-state index contributed by atoms with van der Waals surface area (Å²) in [5, 5.41) is 6.16. The third-order valence-electron chi connectivity index (χ3n) is 3.54. The maximum Gasteiger partial charge on any atom is 0.249 e. The van der Waals surface area contributed by atoms with Crippen molar-refractivity contribution < 1.29 is 9.53 Å². The molecule has 1 aliphatic rings. The predicted molar refractivity (Wildman–Crippen MR) is 96.4 cm³/mol. The second-order valence-electron chi connectivity index (χ2n) is 5.20. The Kier molecular flexibility index (Phi) is 11.8. The molecule has 2 rings (SSSR count). The summed E-state index contributed by atoms with van der Waals surface area (Å²) in [5.74, 6) is 0.873. The van der Waals surface area contributed by atoms with Gasteiger partial charge in [-0.15, -0.1) is 24.8 Å². The van der Waals surface area contributed by atoms with E-state index in [-0.39, 0.29) is 42.9 Å². The molecule has 0 unspecified atom stereocenters. The molecular formula is C15H26Cl2N4O2. The van der Waals surface area contributed by atoms with Crippen molar-refractivity contribution >= 4 is 36.5 Å². The Bertz CT molecular complexity index is 437. The first-order valence-electron chi connectivity index (χ1n) is 7.57. The van der Waals surface area contributed by atoms with E-state index in [1.54, 1.807) is 6.20 Å². The molecule has 23 heavy (non-hydrogen) atoms. The average Bonchev–Trinajstić information content (AvgIpc) is 3.00. The highest BCUT2D eigenvalue weighted by atomic mass is 35.5. The third-order valence-corrected chi connectivity index (χ3v) is 3.54. The lowest BCUT2D eigenvalue weighted by molar-refractivity contribution is -0.131. The highest BCUT2D eigenvalue weighted by molar-refractivity contribution is 5.85. The van der Waals surface area contributed by atoms with Crippen LogP contribution in [0.1, 0.15) is 25.7 Å². The SMILES string of the molecule is Cl.Cl.NC[C@H]1CC[C@@H](C(=O)NCCCCNc2ccccn2)O1. The quantitative estimate of drug-likeness (QED) is 0.611. The number of halogens is 2. The van der Waals surface area contributed by atoms with Crippen LogP contribution in [0.4, 0.5) is 5.82 Å². The van der Waals surface area contributed by atoms with E-state index in [0.717, 1.165) is 38.0 Å². The highest BCUT2D eigenvalue weighted by Gasteiger charge is 2.29. The summed E-state index contributed by atoms with van der Waals surface area (Å²) >= 11 is 0. The van der Waals surface area contributed by atoms with Crippen molar-refractivity contribution in [3.8, 4) is 0 Å². The first-order chi connectivity index (χ1) is 10.3. The minimum absolute atomic E-state index is 0. The van der Waals surface area contributed by atoms with E-state index in [0.29, 0.717) is 13.1 Å². The maximum absolute atomic E-state index is 11.9. The van der Waals surface area contributed by atoms with E-state index in [1.807, 2.05) is 18.2 Å². The van der Waals surface area contributed by atoms with Crippen LogP contribution in [-0.2, 0) is 9.53 Å². The molecule has 6 nitrogen and oxygen atoms in total. The number of nitrogens with two attached hydrogens (primary N) is 1. The van der Waals surface area contributed by atoms with Gasteiger partial charge in [0.05, 0.1) is 6.10 Å². The third kappa shape index (κ3) is 7.83. The topological polar surface area (TPSA) is 89.3 Å². The van der Waals surface area contributed by atoms with E-state index < -0.39 is 0 Å². The van der Waals surface area contributed by atoms with Gasteiger partial charge in [-0.05, 0) is 37.8 Å². The van der Waals surface area contributed by atoms with Crippen LogP contribution in [0.25, 0.3) is 0 Å².